The van der Waals surface area contributed by atoms with Gasteiger partial charge in [0, 0.05) is 0 Å². The summed E-state index contributed by atoms with van der Waals surface area (Å²) in [7, 11) is -3.29. The minimum absolute atomic E-state index is 0.201. The Balaban J connectivity index is 2.28. The van der Waals surface area contributed by atoms with E-state index in [4.69, 9.17) is 9.05 Å². The second-order valence-electron chi connectivity index (χ2n) is 17.1. The summed E-state index contributed by atoms with van der Waals surface area (Å²) >= 11 is 0. The number of hydrogen-bond acceptors (Lipinski definition) is 4. The summed E-state index contributed by atoms with van der Waals surface area (Å²) in [4.78, 5) is 0. The molecule has 0 unspecified atom stereocenters. The van der Waals surface area contributed by atoms with Crippen molar-refractivity contribution in [1.82, 2.24) is 0 Å². The van der Waals surface area contributed by atoms with Gasteiger partial charge in [-0.05, 0) is 35.4 Å². The zero-order valence-electron chi connectivity index (χ0n) is 35.6. The molecule has 0 aliphatic heterocycles. The summed E-state index contributed by atoms with van der Waals surface area (Å²) < 4.78 is 26.3. The minimum Gasteiger partial charge on any atom is -0.508 e. The van der Waals surface area contributed by atoms with Crippen LogP contribution in [0.5, 0.6) is 5.75 Å². The first-order valence-electron chi connectivity index (χ1n) is 22.9. The quantitative estimate of drug-likeness (QED) is 0.0540. The highest BCUT2D eigenvalue weighted by Gasteiger charge is 2.27. The van der Waals surface area contributed by atoms with Crippen LogP contribution in [0.1, 0.15) is 251 Å². The van der Waals surface area contributed by atoms with E-state index in [9.17, 15) is 9.67 Å². The summed E-state index contributed by atoms with van der Waals surface area (Å²) in [5.41, 5.74) is 1.57. The van der Waals surface area contributed by atoms with Gasteiger partial charge in [-0.3, -0.25) is 4.57 Å². The molecule has 0 aliphatic rings. The van der Waals surface area contributed by atoms with Crippen LogP contribution in [0.3, 0.4) is 0 Å². The lowest BCUT2D eigenvalue weighted by molar-refractivity contribution is 0.196. The Labute approximate surface area is 325 Å². The van der Waals surface area contributed by atoms with Gasteiger partial charge in [-0.1, -0.05) is 239 Å². The van der Waals surface area contributed by atoms with Crippen molar-refractivity contribution in [2.45, 2.75) is 252 Å². The highest BCUT2D eigenvalue weighted by atomic mass is 31.2. The summed E-state index contributed by atoms with van der Waals surface area (Å²) in [6.45, 7) is 11.8. The van der Waals surface area contributed by atoms with Crippen LogP contribution in [0.25, 0.3) is 0 Å². The number of unbranched alkanes of at least 4 members (excludes halogenated alkanes) is 30. The molecule has 4 nitrogen and oxygen atoms in total. The van der Waals surface area contributed by atoms with Crippen LogP contribution in [0.15, 0.2) is 18.2 Å². The van der Waals surface area contributed by atoms with Crippen LogP contribution in [-0.4, -0.2) is 18.3 Å². The lowest BCUT2D eigenvalue weighted by Crippen LogP contribution is -2.12. The average molecular weight is 749 g/mol. The van der Waals surface area contributed by atoms with Gasteiger partial charge in [-0.15, -0.1) is 0 Å². The second-order valence-corrected chi connectivity index (χ2v) is 19.2. The molecule has 1 aromatic carbocycles. The van der Waals surface area contributed by atoms with Crippen molar-refractivity contribution in [3.63, 3.8) is 0 Å². The average Bonchev–Trinajstić information content (AvgIpc) is 3.11. The first-order chi connectivity index (χ1) is 25.2. The third kappa shape index (κ3) is 28.6. The molecule has 0 fully saturated rings. The van der Waals surface area contributed by atoms with Crippen molar-refractivity contribution >= 4 is 7.60 Å². The van der Waals surface area contributed by atoms with Gasteiger partial charge in [0.2, 0.25) is 0 Å². The van der Waals surface area contributed by atoms with Crippen LogP contribution in [0.4, 0.5) is 0 Å². The molecule has 52 heavy (non-hydrogen) atoms. The summed E-state index contributed by atoms with van der Waals surface area (Å²) in [5.74, 6) is 0.286. The van der Waals surface area contributed by atoms with Gasteiger partial charge >= 0.3 is 7.60 Å². The smallest absolute Gasteiger partial charge is 0.335 e. The van der Waals surface area contributed by atoms with E-state index in [1.165, 1.54) is 180 Å². The Hall–Kier alpha value is -0.830. The van der Waals surface area contributed by atoms with Crippen LogP contribution in [0, 0.1) is 0 Å². The van der Waals surface area contributed by atoms with Crippen molar-refractivity contribution in [2.75, 3.05) is 13.2 Å². The van der Waals surface area contributed by atoms with Gasteiger partial charge in [0.05, 0.1) is 19.4 Å². The molecule has 0 bridgehead atoms. The van der Waals surface area contributed by atoms with E-state index in [2.05, 4.69) is 34.6 Å². The largest absolute Gasteiger partial charge is 0.508 e. The molecule has 5 heteroatoms. The first-order valence-corrected chi connectivity index (χ1v) is 24.6. The van der Waals surface area contributed by atoms with E-state index >= 15 is 0 Å². The molecule has 0 atom stereocenters. The monoisotopic (exact) mass is 749 g/mol. The van der Waals surface area contributed by atoms with Crippen LogP contribution >= 0.6 is 7.60 Å². The molecule has 0 heterocycles. The first kappa shape index (κ1) is 49.2. The normalized spacial score (nSPS) is 12.2. The van der Waals surface area contributed by atoms with E-state index < -0.39 is 7.60 Å². The maximum Gasteiger partial charge on any atom is 0.335 e. The molecule has 0 saturated heterocycles. The molecule has 0 radical (unpaired) electrons. The maximum absolute atomic E-state index is 14.0. The van der Waals surface area contributed by atoms with E-state index in [0.29, 0.717) is 13.2 Å². The Bertz CT molecular complexity index is 929. The van der Waals surface area contributed by atoms with Gasteiger partial charge in [0.1, 0.15) is 5.75 Å². The maximum atomic E-state index is 14.0. The fourth-order valence-corrected chi connectivity index (χ4v) is 9.06. The van der Waals surface area contributed by atoms with Crippen LogP contribution < -0.4 is 0 Å². The third-order valence-electron chi connectivity index (χ3n) is 10.8. The predicted molar refractivity (Wildman–Crippen MR) is 229 cm³/mol. The topological polar surface area (TPSA) is 55.8 Å². The van der Waals surface area contributed by atoms with Crippen LogP contribution in [-0.2, 0) is 25.2 Å². The lowest BCUT2D eigenvalue weighted by atomic mass is 9.85. The van der Waals surface area contributed by atoms with Crippen molar-refractivity contribution in [1.29, 1.82) is 0 Å². The Morgan fingerprint density at radius 1 is 0.481 bits per heavy atom. The molecule has 0 saturated carbocycles. The highest BCUT2D eigenvalue weighted by molar-refractivity contribution is 7.53. The number of aromatic hydroxyl groups is 1. The van der Waals surface area contributed by atoms with Gasteiger partial charge in [0.15, 0.2) is 0 Å². The van der Waals surface area contributed by atoms with Crippen LogP contribution in [0.2, 0.25) is 0 Å². The van der Waals surface area contributed by atoms with E-state index in [1.807, 2.05) is 12.1 Å². The SMILES string of the molecule is CCCCCCCCCCCCCCCCCCOP(=O)(Cc1ccc(O)c(C(C)(C)C)c1)OCCCCCCCCCCCCCCCCCC. The molecule has 0 spiro atoms. The molecule has 0 aliphatic carbocycles. The molecule has 306 valence electrons. The van der Waals surface area contributed by atoms with E-state index in [1.54, 1.807) is 6.07 Å². The Morgan fingerprint density at radius 3 is 1.06 bits per heavy atom. The number of benzene rings is 1. The van der Waals surface area contributed by atoms with Gasteiger partial charge in [-0.25, -0.2) is 0 Å². The van der Waals surface area contributed by atoms with Gasteiger partial charge < -0.3 is 14.2 Å². The zero-order chi connectivity index (χ0) is 38.0. The van der Waals surface area contributed by atoms with Crippen molar-refractivity contribution < 1.29 is 18.7 Å². The molecular weight excluding hydrogens is 659 g/mol. The zero-order valence-corrected chi connectivity index (χ0v) is 36.5. The Kier molecular flexibility index (Phi) is 31.7. The fraction of sp³-hybridized carbons (Fsp3) is 0.872. The summed E-state index contributed by atoms with van der Waals surface area (Å²) in [6, 6.07) is 5.58. The molecule has 0 amide bonds. The summed E-state index contributed by atoms with van der Waals surface area (Å²) in [5, 5.41) is 10.5. The molecule has 1 aromatic rings. The predicted octanol–water partition coefficient (Wildman–Crippen LogP) is 16.9. The molecular formula is C47H89O4P. The van der Waals surface area contributed by atoms with Crippen molar-refractivity contribution in [3.8, 4) is 5.75 Å². The van der Waals surface area contributed by atoms with Gasteiger partial charge in [0.25, 0.3) is 0 Å². The van der Waals surface area contributed by atoms with Crippen molar-refractivity contribution in [3.05, 3.63) is 29.3 Å². The summed E-state index contributed by atoms with van der Waals surface area (Å²) in [6.07, 6.45) is 42.9. The number of rotatable bonds is 38. The minimum atomic E-state index is -3.29. The number of phenolic OH excluding ortho intramolecular Hbond substituents is 1. The standard InChI is InChI=1S/C47H89O4P/c1-6-8-10-12-14-16-18-20-22-24-26-28-30-32-34-36-40-50-52(49,43-44-38-39-46(48)45(42-44)47(3,4)5)51-41-37-35-33-31-29-27-25-23-21-19-17-15-13-11-9-7-2/h38-39,42,48H,6-37,40-41,43H2,1-5H3. The number of hydrogen-bond donors (Lipinski definition) is 1. The molecule has 1 N–H and O–H groups in total. The lowest BCUT2D eigenvalue weighted by Gasteiger charge is -2.23. The fourth-order valence-electron chi connectivity index (χ4n) is 7.34. The number of phenols is 1. The van der Waals surface area contributed by atoms with Crippen molar-refractivity contribution in [2.24, 2.45) is 0 Å². The molecule has 1 rings (SSSR count). The van der Waals surface area contributed by atoms with E-state index in [0.717, 1.165) is 36.8 Å². The highest BCUT2D eigenvalue weighted by Crippen LogP contribution is 2.52. The second kappa shape index (κ2) is 33.5. The van der Waals surface area contributed by atoms with Gasteiger partial charge in [-0.2, -0.15) is 0 Å². The third-order valence-corrected chi connectivity index (χ3v) is 12.7. The molecule has 0 aromatic heterocycles. The van der Waals surface area contributed by atoms with E-state index in [-0.39, 0.29) is 17.3 Å². The Morgan fingerprint density at radius 2 is 0.769 bits per heavy atom.